The molecule has 1 saturated heterocycles. The average Bonchev–Trinajstić information content (AvgIpc) is 3.41. The van der Waals surface area contributed by atoms with Gasteiger partial charge < -0.3 is 9.80 Å². The predicted octanol–water partition coefficient (Wildman–Crippen LogP) is 2.86. The molecule has 31 heavy (non-hydrogen) atoms. The summed E-state index contributed by atoms with van der Waals surface area (Å²) in [5, 5.41) is 8.47. The first-order chi connectivity index (χ1) is 15.1. The van der Waals surface area contributed by atoms with E-state index in [1.54, 1.807) is 22.8 Å². The van der Waals surface area contributed by atoms with Crippen molar-refractivity contribution in [2.75, 3.05) is 26.7 Å². The van der Waals surface area contributed by atoms with Crippen molar-refractivity contribution in [2.24, 2.45) is 5.92 Å². The van der Waals surface area contributed by atoms with Crippen molar-refractivity contribution in [1.82, 2.24) is 24.8 Å². The summed E-state index contributed by atoms with van der Waals surface area (Å²) in [6.45, 7) is 3.91. The molecule has 0 saturated carbocycles. The van der Waals surface area contributed by atoms with E-state index in [1.807, 2.05) is 72.5 Å². The molecule has 1 atom stereocenters. The standard InChI is InChI=1S/C24H27N5O2/c1-3-28-16-18(14-22(28)30)15-27(2)24(31)21-17-29(26-25-21)23(19-10-6-4-7-11-19)20-12-8-5-9-13-20/h4-13,17-18,23H,3,14-16H2,1-2H3/t18-/m0/s1. The van der Waals surface area contributed by atoms with Crippen molar-refractivity contribution in [3.8, 4) is 0 Å². The first kappa shape index (κ1) is 20.8. The first-order valence-electron chi connectivity index (χ1n) is 10.6. The zero-order chi connectivity index (χ0) is 21.8. The van der Waals surface area contributed by atoms with E-state index in [1.165, 1.54) is 0 Å². The molecule has 0 unspecified atom stereocenters. The Morgan fingerprint density at radius 1 is 1.10 bits per heavy atom. The van der Waals surface area contributed by atoms with Gasteiger partial charge in [0.1, 0.15) is 6.04 Å². The number of likely N-dealkylation sites (tertiary alicyclic amines) is 1. The Hall–Kier alpha value is -3.48. The highest BCUT2D eigenvalue weighted by atomic mass is 16.2. The number of amides is 2. The van der Waals surface area contributed by atoms with Crippen LogP contribution in [0.4, 0.5) is 0 Å². The highest BCUT2D eigenvalue weighted by Gasteiger charge is 2.31. The molecule has 0 spiro atoms. The Morgan fingerprint density at radius 2 is 1.71 bits per heavy atom. The summed E-state index contributed by atoms with van der Waals surface area (Å²) < 4.78 is 1.74. The maximum atomic E-state index is 13.0. The molecule has 2 aromatic carbocycles. The molecule has 1 aliphatic rings. The minimum Gasteiger partial charge on any atom is -0.343 e. The predicted molar refractivity (Wildman–Crippen MR) is 117 cm³/mol. The van der Waals surface area contributed by atoms with Crippen LogP contribution in [0.1, 0.15) is 41.0 Å². The molecule has 0 aliphatic carbocycles. The molecular weight excluding hydrogens is 390 g/mol. The van der Waals surface area contributed by atoms with Crippen LogP contribution in [0.25, 0.3) is 0 Å². The quantitative estimate of drug-likeness (QED) is 0.593. The molecule has 1 fully saturated rings. The Labute approximate surface area is 182 Å². The van der Waals surface area contributed by atoms with Gasteiger partial charge in [-0.05, 0) is 18.1 Å². The van der Waals surface area contributed by atoms with Crippen LogP contribution in [0.3, 0.4) is 0 Å². The van der Waals surface area contributed by atoms with Crippen molar-refractivity contribution in [3.63, 3.8) is 0 Å². The Kier molecular flexibility index (Phi) is 6.11. The maximum absolute atomic E-state index is 13.0. The molecule has 7 nitrogen and oxygen atoms in total. The lowest BCUT2D eigenvalue weighted by atomic mass is 9.99. The largest absolute Gasteiger partial charge is 0.343 e. The van der Waals surface area contributed by atoms with Crippen LogP contribution >= 0.6 is 0 Å². The summed E-state index contributed by atoms with van der Waals surface area (Å²) in [5.41, 5.74) is 2.43. The van der Waals surface area contributed by atoms with Gasteiger partial charge in [0.15, 0.2) is 5.69 Å². The van der Waals surface area contributed by atoms with Crippen LogP contribution in [-0.4, -0.2) is 63.3 Å². The molecule has 2 amide bonds. The number of carbonyl (C=O) groups is 2. The molecule has 1 aliphatic heterocycles. The summed E-state index contributed by atoms with van der Waals surface area (Å²) >= 11 is 0. The van der Waals surface area contributed by atoms with Crippen molar-refractivity contribution in [1.29, 1.82) is 0 Å². The molecule has 3 aromatic rings. The lowest BCUT2D eigenvalue weighted by Crippen LogP contribution is -2.33. The summed E-state index contributed by atoms with van der Waals surface area (Å²) in [6, 6.07) is 19.9. The van der Waals surface area contributed by atoms with E-state index in [2.05, 4.69) is 10.3 Å². The fraction of sp³-hybridized carbons (Fsp3) is 0.333. The van der Waals surface area contributed by atoms with Crippen molar-refractivity contribution in [3.05, 3.63) is 83.7 Å². The van der Waals surface area contributed by atoms with Gasteiger partial charge in [-0.1, -0.05) is 65.9 Å². The molecular formula is C24H27N5O2. The smallest absolute Gasteiger partial charge is 0.275 e. The lowest BCUT2D eigenvalue weighted by molar-refractivity contribution is -0.127. The molecule has 4 rings (SSSR count). The first-order valence-corrected chi connectivity index (χ1v) is 10.6. The van der Waals surface area contributed by atoms with E-state index in [4.69, 9.17) is 0 Å². The second-order valence-corrected chi connectivity index (χ2v) is 8.00. The number of nitrogens with zero attached hydrogens (tertiary/aromatic N) is 5. The zero-order valence-electron chi connectivity index (χ0n) is 17.9. The molecule has 0 radical (unpaired) electrons. The molecule has 1 aromatic heterocycles. The van der Waals surface area contributed by atoms with E-state index >= 15 is 0 Å². The fourth-order valence-electron chi connectivity index (χ4n) is 4.22. The van der Waals surface area contributed by atoms with Gasteiger partial charge in [-0.15, -0.1) is 5.10 Å². The van der Waals surface area contributed by atoms with Gasteiger partial charge in [0, 0.05) is 39.0 Å². The van der Waals surface area contributed by atoms with Crippen molar-refractivity contribution >= 4 is 11.8 Å². The number of rotatable bonds is 7. The van der Waals surface area contributed by atoms with E-state index in [0.29, 0.717) is 31.7 Å². The summed E-state index contributed by atoms with van der Waals surface area (Å²) in [4.78, 5) is 28.4. The van der Waals surface area contributed by atoms with Crippen LogP contribution in [0.2, 0.25) is 0 Å². The fourth-order valence-corrected chi connectivity index (χ4v) is 4.22. The molecule has 2 heterocycles. The van der Waals surface area contributed by atoms with Crippen molar-refractivity contribution in [2.45, 2.75) is 19.4 Å². The monoisotopic (exact) mass is 417 g/mol. The second kappa shape index (κ2) is 9.12. The van der Waals surface area contributed by atoms with E-state index in [9.17, 15) is 9.59 Å². The minimum atomic E-state index is -0.187. The van der Waals surface area contributed by atoms with Gasteiger partial charge in [-0.25, -0.2) is 4.68 Å². The number of hydrogen-bond donors (Lipinski definition) is 0. The third-order valence-electron chi connectivity index (χ3n) is 5.78. The highest BCUT2D eigenvalue weighted by Crippen LogP contribution is 2.26. The topological polar surface area (TPSA) is 71.3 Å². The average molecular weight is 418 g/mol. The van der Waals surface area contributed by atoms with Crippen LogP contribution in [0.15, 0.2) is 66.9 Å². The van der Waals surface area contributed by atoms with Crippen LogP contribution in [-0.2, 0) is 4.79 Å². The summed E-state index contributed by atoms with van der Waals surface area (Å²) in [5.74, 6) is 0.124. The molecule has 160 valence electrons. The molecule has 7 heteroatoms. The third kappa shape index (κ3) is 4.50. The minimum absolute atomic E-state index is 0.151. The summed E-state index contributed by atoms with van der Waals surface area (Å²) in [7, 11) is 1.76. The number of hydrogen-bond acceptors (Lipinski definition) is 4. The highest BCUT2D eigenvalue weighted by molar-refractivity contribution is 5.91. The molecule has 0 bridgehead atoms. The number of aromatic nitrogens is 3. The van der Waals surface area contributed by atoms with E-state index in [0.717, 1.165) is 11.1 Å². The van der Waals surface area contributed by atoms with Gasteiger partial charge >= 0.3 is 0 Å². The number of carbonyl (C=O) groups excluding carboxylic acids is 2. The van der Waals surface area contributed by atoms with Gasteiger partial charge in [-0.3, -0.25) is 9.59 Å². The Balaban J connectivity index is 1.53. The van der Waals surface area contributed by atoms with Gasteiger partial charge in [-0.2, -0.15) is 0 Å². The SMILES string of the molecule is CCN1C[C@H](CN(C)C(=O)c2cn(C(c3ccccc3)c3ccccc3)nn2)CC1=O. The van der Waals surface area contributed by atoms with E-state index in [-0.39, 0.29) is 23.8 Å². The van der Waals surface area contributed by atoms with Gasteiger partial charge in [0.05, 0.1) is 6.20 Å². The maximum Gasteiger partial charge on any atom is 0.275 e. The summed E-state index contributed by atoms with van der Waals surface area (Å²) in [6.07, 6.45) is 2.20. The normalized spacial score (nSPS) is 16.2. The third-order valence-corrected chi connectivity index (χ3v) is 5.78. The van der Waals surface area contributed by atoms with Crippen LogP contribution in [0, 0.1) is 5.92 Å². The Bertz CT molecular complexity index is 995. The van der Waals surface area contributed by atoms with Crippen molar-refractivity contribution < 1.29 is 9.59 Å². The van der Waals surface area contributed by atoms with Gasteiger partial charge in [0.25, 0.3) is 5.91 Å². The Morgan fingerprint density at radius 3 is 2.26 bits per heavy atom. The van der Waals surface area contributed by atoms with Gasteiger partial charge in [0.2, 0.25) is 5.91 Å². The lowest BCUT2D eigenvalue weighted by Gasteiger charge is -2.20. The van der Waals surface area contributed by atoms with E-state index < -0.39 is 0 Å². The van der Waals surface area contributed by atoms with Crippen LogP contribution in [0.5, 0.6) is 0 Å². The zero-order valence-corrected chi connectivity index (χ0v) is 17.9. The molecule has 0 N–H and O–H groups in total. The van der Waals surface area contributed by atoms with Crippen LogP contribution < -0.4 is 0 Å². The number of benzene rings is 2. The second-order valence-electron chi connectivity index (χ2n) is 8.00.